The summed E-state index contributed by atoms with van der Waals surface area (Å²) >= 11 is 0. The van der Waals surface area contributed by atoms with Crippen LogP contribution in [0.3, 0.4) is 0 Å². The van der Waals surface area contributed by atoms with Gasteiger partial charge in [-0.2, -0.15) is 0 Å². The van der Waals surface area contributed by atoms with Gasteiger partial charge in [-0.3, -0.25) is 19.8 Å². The van der Waals surface area contributed by atoms with Crippen molar-refractivity contribution in [3.8, 4) is 5.75 Å². The summed E-state index contributed by atoms with van der Waals surface area (Å²) in [6.45, 7) is 3.32. The average Bonchev–Trinajstić information content (AvgIpc) is 2.85. The molecule has 0 aliphatic carbocycles. The molecule has 8 nitrogen and oxygen atoms in total. The average molecular weight is 386 g/mol. The number of hydrogen-bond donors (Lipinski definition) is 1. The highest BCUT2D eigenvalue weighted by Gasteiger charge is 2.38. The van der Waals surface area contributed by atoms with Crippen molar-refractivity contribution >= 4 is 17.8 Å². The van der Waals surface area contributed by atoms with Crippen molar-refractivity contribution in [3.05, 3.63) is 29.8 Å². The number of urea groups is 1. The van der Waals surface area contributed by atoms with Crippen molar-refractivity contribution in [1.29, 1.82) is 0 Å². The van der Waals surface area contributed by atoms with Crippen LogP contribution in [0.5, 0.6) is 5.75 Å². The summed E-state index contributed by atoms with van der Waals surface area (Å²) in [7, 11) is 1.66. The zero-order valence-electron chi connectivity index (χ0n) is 16.1. The fourth-order valence-electron chi connectivity index (χ4n) is 4.47. The number of carbonyl (C=O) groups is 3. The Bertz CT molecular complexity index is 766. The first-order valence-electron chi connectivity index (χ1n) is 9.75. The maximum absolute atomic E-state index is 12.8. The van der Waals surface area contributed by atoms with Crippen LogP contribution in [0.15, 0.2) is 24.3 Å². The van der Waals surface area contributed by atoms with Crippen molar-refractivity contribution < 1.29 is 19.1 Å². The van der Waals surface area contributed by atoms with Crippen LogP contribution in [0.25, 0.3) is 0 Å². The molecule has 4 amide bonds. The van der Waals surface area contributed by atoms with Crippen molar-refractivity contribution in [2.24, 2.45) is 5.92 Å². The molecule has 0 aromatic heterocycles. The summed E-state index contributed by atoms with van der Waals surface area (Å²) in [4.78, 5) is 41.6. The Hall–Kier alpha value is -2.61. The topological polar surface area (TPSA) is 82.2 Å². The van der Waals surface area contributed by atoms with Gasteiger partial charge in [-0.1, -0.05) is 12.1 Å². The number of fused-ring (bicyclic) bond motifs is 4. The number of nitrogens with one attached hydrogen (secondary N) is 1. The smallest absolute Gasteiger partial charge is 0.325 e. The number of rotatable bonds is 5. The van der Waals surface area contributed by atoms with Gasteiger partial charge in [-0.15, -0.1) is 0 Å². The van der Waals surface area contributed by atoms with Crippen LogP contribution >= 0.6 is 0 Å². The maximum atomic E-state index is 12.8. The third kappa shape index (κ3) is 3.96. The van der Waals surface area contributed by atoms with Gasteiger partial charge in [0.05, 0.1) is 7.11 Å². The minimum Gasteiger partial charge on any atom is -0.497 e. The van der Waals surface area contributed by atoms with Crippen LogP contribution in [0.1, 0.15) is 18.4 Å². The van der Waals surface area contributed by atoms with Crippen LogP contribution in [-0.2, 0) is 16.1 Å². The minimum atomic E-state index is -0.473. The van der Waals surface area contributed by atoms with E-state index in [2.05, 4.69) is 22.3 Å². The van der Waals surface area contributed by atoms with E-state index in [0.29, 0.717) is 5.92 Å². The number of nitrogens with zero attached hydrogens (tertiary/aromatic N) is 3. The number of ether oxygens (including phenoxy) is 1. The van der Waals surface area contributed by atoms with E-state index in [1.807, 2.05) is 17.0 Å². The largest absolute Gasteiger partial charge is 0.497 e. The first kappa shape index (κ1) is 18.7. The third-order valence-electron chi connectivity index (χ3n) is 5.87. The number of hydrogen-bond acceptors (Lipinski definition) is 5. The van der Waals surface area contributed by atoms with Gasteiger partial charge >= 0.3 is 6.03 Å². The van der Waals surface area contributed by atoms with Crippen molar-refractivity contribution in [1.82, 2.24) is 20.0 Å². The van der Waals surface area contributed by atoms with E-state index < -0.39 is 6.03 Å². The number of methoxy groups -OCH3 is 1. The Morgan fingerprint density at radius 3 is 2.61 bits per heavy atom. The summed E-state index contributed by atoms with van der Waals surface area (Å²) in [5, 5.41) is 2.22. The predicted octanol–water partition coefficient (Wildman–Crippen LogP) is 0.670. The maximum Gasteiger partial charge on any atom is 0.325 e. The van der Waals surface area contributed by atoms with Crippen molar-refractivity contribution in [3.63, 3.8) is 0 Å². The summed E-state index contributed by atoms with van der Waals surface area (Å²) in [6.07, 6.45) is 2.11. The van der Waals surface area contributed by atoms with E-state index in [1.165, 1.54) is 10.5 Å². The minimum absolute atomic E-state index is 0.0285. The van der Waals surface area contributed by atoms with Crippen molar-refractivity contribution in [2.45, 2.75) is 25.4 Å². The van der Waals surface area contributed by atoms with E-state index >= 15 is 0 Å². The van der Waals surface area contributed by atoms with Crippen molar-refractivity contribution in [2.75, 3.05) is 39.8 Å². The molecule has 28 heavy (non-hydrogen) atoms. The summed E-state index contributed by atoms with van der Waals surface area (Å²) in [5.74, 6) is 0.877. The van der Waals surface area contributed by atoms with Gasteiger partial charge in [0.15, 0.2) is 0 Å². The van der Waals surface area contributed by atoms with Gasteiger partial charge in [0.25, 0.3) is 0 Å². The molecule has 1 N–H and O–H groups in total. The van der Waals surface area contributed by atoms with Crippen LogP contribution in [0, 0.1) is 5.92 Å². The van der Waals surface area contributed by atoms with Gasteiger partial charge in [0.1, 0.15) is 18.8 Å². The highest BCUT2D eigenvalue weighted by molar-refractivity contribution is 6.03. The van der Waals surface area contributed by atoms with Crippen LogP contribution < -0.4 is 10.1 Å². The zero-order valence-corrected chi connectivity index (χ0v) is 16.1. The van der Waals surface area contributed by atoms with E-state index in [-0.39, 0.29) is 30.9 Å². The Labute approximate surface area is 164 Å². The first-order valence-corrected chi connectivity index (χ1v) is 9.75. The molecular weight excluding hydrogens is 360 g/mol. The molecule has 2 bridgehead atoms. The molecule has 1 aromatic carbocycles. The Balaban J connectivity index is 1.39. The molecule has 8 heteroatoms. The molecule has 4 aliphatic rings. The summed E-state index contributed by atoms with van der Waals surface area (Å²) in [5.41, 5.74) is 1.23. The second-order valence-electron chi connectivity index (χ2n) is 7.89. The molecule has 5 rings (SSSR count). The molecule has 4 saturated heterocycles. The second kappa shape index (κ2) is 7.79. The fourth-order valence-corrected chi connectivity index (χ4v) is 4.47. The number of imide groups is 1. The standard InChI is InChI=1S/C20H26N4O4/c1-28-17-6-3-14(4-7-17)8-22-9-15-2-5-16(11-22)24(10-15)19(26)13-23-12-18(25)21-20(23)27/h3-4,6-7,15-16H,2,5,8-13H2,1H3,(H,21,25,27)/t15-,16+/m0/s1. The molecule has 0 radical (unpaired) electrons. The Morgan fingerprint density at radius 1 is 1.14 bits per heavy atom. The number of amides is 4. The van der Waals surface area contributed by atoms with Gasteiger partial charge in [-0.05, 0) is 36.5 Å². The van der Waals surface area contributed by atoms with Gasteiger partial charge < -0.3 is 14.5 Å². The first-order chi connectivity index (χ1) is 13.5. The van der Waals surface area contributed by atoms with Crippen LogP contribution in [0.2, 0.25) is 0 Å². The van der Waals surface area contributed by atoms with Gasteiger partial charge in [0.2, 0.25) is 11.8 Å². The highest BCUT2D eigenvalue weighted by Crippen LogP contribution is 2.29. The lowest BCUT2D eigenvalue weighted by atomic mass is 9.95. The van der Waals surface area contributed by atoms with Crippen LogP contribution in [0.4, 0.5) is 4.79 Å². The van der Waals surface area contributed by atoms with E-state index in [4.69, 9.17) is 4.74 Å². The molecule has 4 fully saturated rings. The number of benzene rings is 1. The Morgan fingerprint density at radius 2 is 1.93 bits per heavy atom. The molecule has 150 valence electrons. The quantitative estimate of drug-likeness (QED) is 0.753. The molecule has 0 spiro atoms. The van der Waals surface area contributed by atoms with E-state index in [0.717, 1.165) is 44.8 Å². The molecule has 1 aromatic rings. The SMILES string of the molecule is COc1ccc(CN2C[C@@H]3CC[C@H](C2)N(C(=O)CN2CC(=O)NC2=O)C3)cc1. The fraction of sp³-hybridized carbons (Fsp3) is 0.550. The number of piperidine rings is 1. The molecule has 4 heterocycles. The summed E-state index contributed by atoms with van der Waals surface area (Å²) in [6, 6.07) is 7.79. The Kier molecular flexibility index (Phi) is 5.21. The second-order valence-corrected chi connectivity index (χ2v) is 7.89. The zero-order chi connectivity index (χ0) is 19.7. The lowest BCUT2D eigenvalue weighted by Crippen LogP contribution is -2.51. The van der Waals surface area contributed by atoms with E-state index in [9.17, 15) is 14.4 Å². The molecule has 0 saturated carbocycles. The third-order valence-corrected chi connectivity index (χ3v) is 5.87. The lowest BCUT2D eigenvalue weighted by Gasteiger charge is -2.37. The molecule has 2 atom stereocenters. The summed E-state index contributed by atoms with van der Waals surface area (Å²) < 4.78 is 5.22. The normalized spacial score (nSPS) is 25.0. The highest BCUT2D eigenvalue weighted by atomic mass is 16.5. The number of carbonyl (C=O) groups excluding carboxylic acids is 3. The van der Waals surface area contributed by atoms with Crippen LogP contribution in [-0.4, -0.2) is 78.4 Å². The van der Waals surface area contributed by atoms with Gasteiger partial charge in [0, 0.05) is 32.2 Å². The molecule has 0 unspecified atom stereocenters. The van der Waals surface area contributed by atoms with Gasteiger partial charge in [-0.25, -0.2) is 4.79 Å². The van der Waals surface area contributed by atoms with E-state index in [1.54, 1.807) is 7.11 Å². The monoisotopic (exact) mass is 386 g/mol. The predicted molar refractivity (Wildman–Crippen MR) is 102 cm³/mol. The molecular formula is C20H26N4O4. The molecule has 4 aliphatic heterocycles. The lowest BCUT2D eigenvalue weighted by molar-refractivity contribution is -0.135.